The summed E-state index contributed by atoms with van der Waals surface area (Å²) in [4.78, 5) is 52.3. The van der Waals surface area contributed by atoms with Crippen LogP contribution in [0.4, 0.5) is 263 Å². The Labute approximate surface area is 655 Å². The molecule has 0 atom stereocenters. The Kier molecular flexibility index (Phi) is 34.1. The van der Waals surface area contributed by atoms with Crippen LogP contribution in [0.3, 0.4) is 0 Å². The first-order chi connectivity index (χ1) is 54.9. The van der Waals surface area contributed by atoms with Gasteiger partial charge >= 0.3 is 191 Å². The summed E-state index contributed by atoms with van der Waals surface area (Å²) >= 11 is 0. The van der Waals surface area contributed by atoms with Crippen molar-refractivity contribution in [1.82, 2.24) is 19.6 Å². The van der Waals surface area contributed by atoms with Gasteiger partial charge in [-0.3, -0.25) is 19.2 Å². The molecule has 72 heteroatoms. The lowest BCUT2D eigenvalue weighted by Gasteiger charge is -2.41. The number of alkyl halides is 60. The van der Waals surface area contributed by atoms with Crippen LogP contribution < -0.4 is 0 Å². The first kappa shape index (κ1) is 118. The molecular formula is C54H44F60N4O8. The minimum absolute atomic E-state index is 0.454. The molecule has 0 unspecified atom stereocenters. The van der Waals surface area contributed by atoms with Gasteiger partial charge in [-0.15, -0.1) is 0 Å². The molecule has 126 heavy (non-hydrogen) atoms. The Morgan fingerprint density at radius 3 is 0.397 bits per heavy atom. The van der Waals surface area contributed by atoms with Gasteiger partial charge in [-0.2, -0.15) is 263 Å². The lowest BCUT2D eigenvalue weighted by molar-refractivity contribution is -0.453. The van der Waals surface area contributed by atoms with Crippen molar-refractivity contribution in [2.45, 2.75) is 205 Å². The van der Waals surface area contributed by atoms with Gasteiger partial charge in [0.1, 0.15) is 0 Å². The summed E-state index contributed by atoms with van der Waals surface area (Å²) in [5, 5.41) is 0. The van der Waals surface area contributed by atoms with E-state index >= 15 is 0 Å². The van der Waals surface area contributed by atoms with Crippen LogP contribution in [0.5, 0.6) is 0 Å². The largest absolute Gasteiger partial charge is 0.460 e. The lowest BCUT2D eigenvalue weighted by atomic mass is 9.91. The molecule has 1 fully saturated rings. The standard InChI is InChI=1S/C54H44F60N4O8/c55-27(56,31(63,64)35(71,72)39(79,80)43(87,88)47(95,96)51(103,104)105)19-123-23(119)3-11-115-7-1-8-116(12-4-24(120)124-20-28(57,58)32(65,66)36(73,74)40(81,82)44(89,90)48(97,98)52(106,107)108)16-18-118(14-6-26(122)126-22-30(61,62)34(69,70)38(77,78)42(85,86)46(93,94)50(101,102)54(112,113)114)10-2-9-117(17-15-115)13-5-25(121)125-21-29(59,60)33(67,68)37(75,76)41(83,84)45(91,92)49(99,100)53(109,110)111/h1-22H2. The molecule has 0 amide bonds. The molecule has 0 spiro atoms. The van der Waals surface area contributed by atoms with Crippen LogP contribution in [0.2, 0.25) is 0 Å². The van der Waals surface area contributed by atoms with Crippen molar-refractivity contribution in [3.63, 3.8) is 0 Å². The number of carbonyl (C=O) groups excluding carboxylic acids is 4. The number of hydrogen-bond acceptors (Lipinski definition) is 12. The normalized spacial score (nSPS) is 17.7. The highest BCUT2D eigenvalue weighted by Crippen LogP contribution is 2.68. The molecule has 0 N–H and O–H groups in total. The van der Waals surface area contributed by atoms with Crippen LogP contribution in [0, 0.1) is 0 Å². The van der Waals surface area contributed by atoms with Gasteiger partial charge < -0.3 is 38.5 Å². The minimum atomic E-state index is -8.96. The minimum Gasteiger partial charge on any atom is -0.459 e. The molecule has 748 valence electrons. The third kappa shape index (κ3) is 21.0. The first-order valence-corrected chi connectivity index (χ1v) is 31.7. The monoisotopic (exact) mass is 2020 g/mol. The van der Waals surface area contributed by atoms with E-state index in [1.54, 1.807) is 0 Å². The third-order valence-corrected chi connectivity index (χ3v) is 17.1. The van der Waals surface area contributed by atoms with Gasteiger partial charge in [0.2, 0.25) is 0 Å². The highest BCUT2D eigenvalue weighted by molar-refractivity contribution is 5.71. The van der Waals surface area contributed by atoms with Gasteiger partial charge in [-0.1, -0.05) is 0 Å². The molecule has 0 aliphatic carbocycles. The number of hydrogen-bond donors (Lipinski definition) is 0. The molecule has 0 radical (unpaired) electrons. The molecule has 0 aromatic rings. The fourth-order valence-corrected chi connectivity index (χ4v) is 9.27. The summed E-state index contributed by atoms with van der Waals surface area (Å²) < 4.78 is 841. The van der Waals surface area contributed by atoms with Crippen molar-refractivity contribution in [3.05, 3.63) is 0 Å². The Hall–Kier alpha value is -6.48. The molecule has 1 aliphatic rings. The molecule has 12 nitrogen and oxygen atoms in total. The smallest absolute Gasteiger partial charge is 0.459 e. The van der Waals surface area contributed by atoms with E-state index in [0.29, 0.717) is 19.6 Å². The SMILES string of the molecule is O=C(CCN1CCCN(CCC(=O)OCC(F)(F)C(F)(F)C(F)(F)C(F)(F)C(F)(F)C(F)(F)C(F)(F)F)CCN(CCC(=O)OCC(F)(F)C(F)(F)C(F)(F)C(F)(F)C(F)(F)C(F)(F)C(F)(F)F)CCCN(CCC(=O)OCC(F)(F)C(F)(F)C(F)(F)C(F)(F)C(F)(F)C(F)(F)C(F)(F)F)CC1)OCC(F)(F)C(F)(F)C(F)(F)C(F)(F)C(F)(F)C(F)(F)C(F)(F)F. The number of carbonyl (C=O) groups is 4. The highest BCUT2D eigenvalue weighted by Gasteiger charge is 2.98. The van der Waals surface area contributed by atoms with Crippen molar-refractivity contribution in [2.75, 3.05) is 105 Å². The molecular weight excluding hydrogens is 1970 g/mol. The molecule has 1 rings (SSSR count). The van der Waals surface area contributed by atoms with E-state index in [1.807, 2.05) is 0 Å². The fraction of sp³-hybridized carbons (Fsp3) is 0.926. The van der Waals surface area contributed by atoms with Gasteiger partial charge in [0.05, 0.1) is 25.7 Å². The molecule has 1 heterocycles. The summed E-state index contributed by atoms with van der Waals surface area (Å²) in [6.07, 6.45) is -42.4. The molecule has 1 saturated heterocycles. The van der Waals surface area contributed by atoms with Crippen molar-refractivity contribution in [3.8, 4) is 0 Å². The second kappa shape index (κ2) is 36.6. The second-order valence-corrected chi connectivity index (χ2v) is 26.0. The maximum atomic E-state index is 14.6. The Bertz CT molecular complexity index is 3180. The van der Waals surface area contributed by atoms with E-state index in [2.05, 4.69) is 18.9 Å². The number of esters is 4. The van der Waals surface area contributed by atoms with Gasteiger partial charge in [0.15, 0.2) is 26.4 Å². The predicted molar refractivity (Wildman–Crippen MR) is 280 cm³/mol. The Morgan fingerprint density at radius 1 is 0.167 bits per heavy atom. The number of halogens is 60. The topological polar surface area (TPSA) is 118 Å². The zero-order valence-electron chi connectivity index (χ0n) is 59.3. The van der Waals surface area contributed by atoms with Crippen LogP contribution in [-0.4, -0.2) is 315 Å². The van der Waals surface area contributed by atoms with Crippen molar-refractivity contribution >= 4 is 23.9 Å². The molecule has 1 aliphatic heterocycles. The van der Waals surface area contributed by atoms with Gasteiger partial charge in [0, 0.05) is 52.4 Å². The summed E-state index contributed by atoms with van der Waals surface area (Å²) in [5.74, 6) is -215. The molecule has 0 saturated carbocycles. The van der Waals surface area contributed by atoms with Gasteiger partial charge in [-0.25, -0.2) is 0 Å². The van der Waals surface area contributed by atoms with Crippen LogP contribution >= 0.6 is 0 Å². The third-order valence-electron chi connectivity index (χ3n) is 17.1. The summed E-state index contributed by atoms with van der Waals surface area (Å²) in [6, 6.07) is 0. The lowest BCUT2D eigenvalue weighted by Crippen LogP contribution is -2.73. The van der Waals surface area contributed by atoms with Gasteiger partial charge in [0.25, 0.3) is 0 Å². The predicted octanol–water partition coefficient (Wildman–Crippen LogP) is 19.2. The van der Waals surface area contributed by atoms with E-state index in [4.69, 9.17) is 0 Å². The Balaban J connectivity index is 4.19. The quantitative estimate of drug-likeness (QED) is 0.0330. The zero-order valence-corrected chi connectivity index (χ0v) is 59.3. The maximum Gasteiger partial charge on any atom is 0.460 e. The van der Waals surface area contributed by atoms with Crippen molar-refractivity contribution < 1.29 is 302 Å². The summed E-state index contributed by atoms with van der Waals surface area (Å²) in [7, 11) is 0. The second-order valence-electron chi connectivity index (χ2n) is 26.0. The zero-order chi connectivity index (χ0) is 101. The van der Waals surface area contributed by atoms with Crippen molar-refractivity contribution in [1.29, 1.82) is 0 Å². The van der Waals surface area contributed by atoms with Crippen LogP contribution in [0.1, 0.15) is 38.5 Å². The number of ether oxygens (including phenoxy) is 4. The van der Waals surface area contributed by atoms with Crippen LogP contribution in [0.15, 0.2) is 0 Å². The van der Waals surface area contributed by atoms with Crippen LogP contribution in [0.25, 0.3) is 0 Å². The van der Waals surface area contributed by atoms with E-state index in [9.17, 15) is 283 Å². The highest BCUT2D eigenvalue weighted by atomic mass is 19.5. The molecule has 0 aromatic carbocycles. The molecule has 0 bridgehead atoms. The summed E-state index contributed by atoms with van der Waals surface area (Å²) in [5.41, 5.74) is 0. The van der Waals surface area contributed by atoms with E-state index in [-0.39, 0.29) is 0 Å². The average Bonchev–Trinajstić information content (AvgIpc) is 0.716. The van der Waals surface area contributed by atoms with Crippen LogP contribution in [-0.2, 0) is 38.1 Å². The van der Waals surface area contributed by atoms with E-state index in [1.165, 1.54) is 0 Å². The number of rotatable bonds is 40. The average molecular weight is 2020 g/mol. The first-order valence-electron chi connectivity index (χ1n) is 31.7. The van der Waals surface area contributed by atoms with E-state index < -0.39 is 334 Å². The van der Waals surface area contributed by atoms with E-state index in [0.717, 1.165) is 0 Å². The Morgan fingerprint density at radius 2 is 0.278 bits per heavy atom. The number of nitrogens with zero attached hydrogens (tertiary/aromatic N) is 4. The van der Waals surface area contributed by atoms with Gasteiger partial charge in [-0.05, 0) is 39.0 Å². The maximum absolute atomic E-state index is 14.6. The van der Waals surface area contributed by atoms with Crippen molar-refractivity contribution in [2.24, 2.45) is 0 Å². The molecule has 0 aromatic heterocycles. The fourth-order valence-electron chi connectivity index (χ4n) is 9.27. The summed E-state index contributed by atoms with van der Waals surface area (Å²) in [6.45, 7) is -31.2.